The average molecular weight is 295 g/mol. The van der Waals surface area contributed by atoms with Gasteiger partial charge in [0.05, 0.1) is 6.04 Å². The minimum Gasteiger partial charge on any atom is -0.354 e. The summed E-state index contributed by atoms with van der Waals surface area (Å²) in [7, 11) is 0. The Hall–Kier alpha value is -2.36. The van der Waals surface area contributed by atoms with E-state index < -0.39 is 0 Å². The molecule has 1 unspecified atom stereocenters. The summed E-state index contributed by atoms with van der Waals surface area (Å²) in [4.78, 5) is 16.5. The largest absolute Gasteiger partial charge is 0.354 e. The Morgan fingerprint density at radius 1 is 1.27 bits per heavy atom. The zero-order chi connectivity index (χ0) is 15.5. The molecular formula is C18H21N3O. The van der Waals surface area contributed by atoms with Crippen molar-refractivity contribution in [3.63, 3.8) is 0 Å². The van der Waals surface area contributed by atoms with E-state index in [4.69, 9.17) is 0 Å². The van der Waals surface area contributed by atoms with Crippen LogP contribution < -0.4 is 10.6 Å². The van der Waals surface area contributed by atoms with E-state index in [9.17, 15) is 4.79 Å². The number of amides is 1. The molecule has 0 fully saturated rings. The van der Waals surface area contributed by atoms with Crippen LogP contribution in [0.5, 0.6) is 0 Å². The predicted octanol–water partition coefficient (Wildman–Crippen LogP) is 3.00. The van der Waals surface area contributed by atoms with E-state index in [2.05, 4.69) is 46.0 Å². The molecule has 1 aliphatic rings. The van der Waals surface area contributed by atoms with Gasteiger partial charge in [0.25, 0.3) is 0 Å². The Bertz CT molecular complexity index is 716. The number of carbonyl (C=O) groups excluding carboxylic acids is 1. The van der Waals surface area contributed by atoms with Crippen molar-refractivity contribution >= 4 is 22.6 Å². The number of nitrogens with one attached hydrogen (secondary N) is 2. The van der Waals surface area contributed by atoms with E-state index in [0.29, 0.717) is 24.8 Å². The molecule has 3 rings (SSSR count). The molecule has 0 aliphatic carbocycles. The Kier molecular flexibility index (Phi) is 4.09. The molecule has 0 spiro atoms. The third-order valence-electron chi connectivity index (χ3n) is 3.78. The van der Waals surface area contributed by atoms with Crippen molar-refractivity contribution in [1.82, 2.24) is 10.6 Å². The van der Waals surface area contributed by atoms with Crippen molar-refractivity contribution < 1.29 is 4.79 Å². The van der Waals surface area contributed by atoms with Crippen molar-refractivity contribution in [2.24, 2.45) is 10.9 Å². The number of carbonyl (C=O) groups is 1. The van der Waals surface area contributed by atoms with Crippen molar-refractivity contribution in [2.75, 3.05) is 6.54 Å². The second kappa shape index (κ2) is 6.18. The number of hydrogen-bond acceptors (Lipinski definition) is 3. The second-order valence-corrected chi connectivity index (χ2v) is 6.09. The number of nitrogens with zero attached hydrogens (tertiary/aromatic N) is 1. The van der Waals surface area contributed by atoms with Crippen LogP contribution >= 0.6 is 0 Å². The lowest BCUT2D eigenvalue weighted by Crippen LogP contribution is -2.38. The van der Waals surface area contributed by atoms with Crippen LogP contribution in [-0.4, -0.2) is 18.4 Å². The Morgan fingerprint density at radius 3 is 2.86 bits per heavy atom. The maximum absolute atomic E-state index is 11.8. The third-order valence-corrected chi connectivity index (χ3v) is 3.78. The fraction of sp³-hybridized carbons (Fsp3) is 0.333. The Morgan fingerprint density at radius 2 is 2.05 bits per heavy atom. The van der Waals surface area contributed by atoms with Gasteiger partial charge in [-0.2, -0.15) is 0 Å². The van der Waals surface area contributed by atoms with Gasteiger partial charge in [-0.3, -0.25) is 10.1 Å². The highest BCUT2D eigenvalue weighted by atomic mass is 16.1. The number of hydrogen-bond donors (Lipinski definition) is 2. The molecule has 1 heterocycles. The maximum atomic E-state index is 11.8. The molecule has 114 valence electrons. The minimum absolute atomic E-state index is 0.0137. The van der Waals surface area contributed by atoms with Crippen molar-refractivity contribution in [2.45, 2.75) is 26.3 Å². The fourth-order valence-corrected chi connectivity index (χ4v) is 2.79. The van der Waals surface area contributed by atoms with Crippen LogP contribution in [0.2, 0.25) is 0 Å². The zero-order valence-corrected chi connectivity index (χ0v) is 13.0. The molecule has 0 aromatic heterocycles. The normalized spacial score (nSPS) is 17.4. The number of aliphatic imine (C=N–C) groups is 1. The highest BCUT2D eigenvalue weighted by molar-refractivity contribution is 5.98. The molecule has 1 amide bonds. The highest BCUT2D eigenvalue weighted by Gasteiger charge is 2.21. The first-order valence-corrected chi connectivity index (χ1v) is 7.72. The minimum atomic E-state index is 0.0137. The molecular weight excluding hydrogens is 274 g/mol. The Balaban J connectivity index is 1.80. The van der Waals surface area contributed by atoms with Crippen LogP contribution in [0.15, 0.2) is 47.5 Å². The Labute approximate surface area is 130 Å². The summed E-state index contributed by atoms with van der Waals surface area (Å²) in [6.07, 6.45) is 0.514. The quantitative estimate of drug-likeness (QED) is 0.914. The first-order valence-electron chi connectivity index (χ1n) is 7.72. The summed E-state index contributed by atoms with van der Waals surface area (Å²) in [5.74, 6) is 0.944. The average Bonchev–Trinajstić information content (AvgIpc) is 2.94. The summed E-state index contributed by atoms with van der Waals surface area (Å²) in [6.45, 7) is 4.77. The molecule has 4 heteroatoms. The molecule has 0 bridgehead atoms. The summed E-state index contributed by atoms with van der Waals surface area (Å²) in [6, 6.07) is 14.6. The molecule has 22 heavy (non-hydrogen) atoms. The first-order chi connectivity index (χ1) is 10.6. The van der Waals surface area contributed by atoms with Crippen LogP contribution in [0.25, 0.3) is 10.8 Å². The smallest absolute Gasteiger partial charge is 0.226 e. The summed E-state index contributed by atoms with van der Waals surface area (Å²) < 4.78 is 0. The van der Waals surface area contributed by atoms with E-state index in [1.54, 1.807) is 0 Å². The second-order valence-electron chi connectivity index (χ2n) is 6.09. The number of rotatable bonds is 3. The molecule has 1 atom stereocenters. The van der Waals surface area contributed by atoms with Crippen LogP contribution in [0.3, 0.4) is 0 Å². The van der Waals surface area contributed by atoms with E-state index in [1.807, 2.05) is 26.0 Å². The molecule has 0 radical (unpaired) electrons. The van der Waals surface area contributed by atoms with E-state index >= 15 is 0 Å². The zero-order valence-electron chi connectivity index (χ0n) is 13.0. The summed E-state index contributed by atoms with van der Waals surface area (Å²) >= 11 is 0. The topological polar surface area (TPSA) is 53.5 Å². The van der Waals surface area contributed by atoms with Gasteiger partial charge in [0.1, 0.15) is 0 Å². The highest BCUT2D eigenvalue weighted by Crippen LogP contribution is 2.27. The number of benzene rings is 2. The predicted molar refractivity (Wildman–Crippen MR) is 89.7 cm³/mol. The molecule has 1 aliphatic heterocycles. The van der Waals surface area contributed by atoms with Gasteiger partial charge in [0.15, 0.2) is 5.96 Å². The number of fused-ring (bicyclic) bond motifs is 1. The van der Waals surface area contributed by atoms with Gasteiger partial charge in [-0.1, -0.05) is 56.3 Å². The lowest BCUT2D eigenvalue weighted by molar-refractivity contribution is -0.120. The molecule has 4 nitrogen and oxygen atoms in total. The van der Waals surface area contributed by atoms with Gasteiger partial charge >= 0.3 is 0 Å². The standard InChI is InChI=1S/C18H21N3O/c1-12(2)10-17(22)21-18-19-11-16(20-18)15-9-5-7-13-6-3-4-8-14(13)15/h3-9,12,16H,10-11H2,1-2H3,(H2,19,20,21,22). The van der Waals surface area contributed by atoms with Crippen LogP contribution in [0, 0.1) is 5.92 Å². The van der Waals surface area contributed by atoms with Crippen LogP contribution in [0.1, 0.15) is 31.9 Å². The summed E-state index contributed by atoms with van der Waals surface area (Å²) in [5, 5.41) is 8.48. The third kappa shape index (κ3) is 3.11. The molecule has 0 saturated heterocycles. The molecule has 2 aromatic carbocycles. The van der Waals surface area contributed by atoms with E-state index in [0.717, 1.165) is 0 Å². The molecule has 2 aromatic rings. The van der Waals surface area contributed by atoms with Gasteiger partial charge in [0.2, 0.25) is 5.91 Å². The lowest BCUT2D eigenvalue weighted by atomic mass is 9.99. The van der Waals surface area contributed by atoms with Crippen LogP contribution in [0.4, 0.5) is 0 Å². The van der Waals surface area contributed by atoms with E-state index in [1.165, 1.54) is 16.3 Å². The SMILES string of the molecule is CC(C)CC(=O)NC1=NC(c2cccc3ccccc23)CN1. The molecule has 0 saturated carbocycles. The van der Waals surface area contributed by atoms with Crippen molar-refractivity contribution in [1.29, 1.82) is 0 Å². The van der Waals surface area contributed by atoms with Gasteiger partial charge in [-0.05, 0) is 22.3 Å². The maximum Gasteiger partial charge on any atom is 0.226 e. The van der Waals surface area contributed by atoms with Crippen molar-refractivity contribution in [3.05, 3.63) is 48.0 Å². The van der Waals surface area contributed by atoms with Gasteiger partial charge in [-0.25, -0.2) is 4.99 Å². The lowest BCUT2D eigenvalue weighted by Gasteiger charge is -2.09. The van der Waals surface area contributed by atoms with Gasteiger partial charge in [-0.15, -0.1) is 0 Å². The van der Waals surface area contributed by atoms with Crippen molar-refractivity contribution in [3.8, 4) is 0 Å². The number of guanidine groups is 1. The molecule has 2 N–H and O–H groups in total. The fourth-order valence-electron chi connectivity index (χ4n) is 2.79. The van der Waals surface area contributed by atoms with E-state index in [-0.39, 0.29) is 11.9 Å². The first kappa shape index (κ1) is 14.6. The van der Waals surface area contributed by atoms with Gasteiger partial charge < -0.3 is 5.32 Å². The van der Waals surface area contributed by atoms with Gasteiger partial charge in [0, 0.05) is 13.0 Å². The monoisotopic (exact) mass is 295 g/mol. The van der Waals surface area contributed by atoms with Crippen LogP contribution in [-0.2, 0) is 4.79 Å². The summed E-state index contributed by atoms with van der Waals surface area (Å²) in [5.41, 5.74) is 1.19.